The molecule has 2 aromatic carbocycles. The number of rotatable bonds is 6. The van der Waals surface area contributed by atoms with Crippen molar-refractivity contribution in [3.8, 4) is 16.9 Å². The Bertz CT molecular complexity index is 1630. The van der Waals surface area contributed by atoms with Crippen LogP contribution in [0.5, 0.6) is 5.75 Å². The minimum absolute atomic E-state index is 0.134. The molecular formula is C27H34N6O6S. The molecule has 12 nitrogen and oxygen atoms in total. The Kier molecular flexibility index (Phi) is 7.82. The first-order chi connectivity index (χ1) is 19.0. The normalized spacial score (nSPS) is 21.3. The molecule has 1 amide bonds. The van der Waals surface area contributed by atoms with E-state index in [0.717, 1.165) is 66.8 Å². The smallest absolute Gasteiger partial charge is 0.261 e. The Morgan fingerprint density at radius 1 is 1.30 bits per heavy atom. The number of benzene rings is 2. The van der Waals surface area contributed by atoms with Crippen LogP contribution in [0.3, 0.4) is 0 Å². The molecule has 2 aliphatic heterocycles. The maximum atomic E-state index is 12.4. The Hall–Kier alpha value is -3.52. The highest BCUT2D eigenvalue weighted by molar-refractivity contribution is 7.85. The van der Waals surface area contributed by atoms with Crippen LogP contribution in [0.2, 0.25) is 0 Å². The summed E-state index contributed by atoms with van der Waals surface area (Å²) >= 11 is 0. The molecule has 40 heavy (non-hydrogen) atoms. The maximum absolute atomic E-state index is 12.4. The molecular weight excluding hydrogens is 536 g/mol. The van der Waals surface area contributed by atoms with Gasteiger partial charge in [-0.3, -0.25) is 9.35 Å². The van der Waals surface area contributed by atoms with Gasteiger partial charge in [-0.1, -0.05) is 6.07 Å². The number of hydrogen-bond acceptors (Lipinski definition) is 8. The van der Waals surface area contributed by atoms with Gasteiger partial charge in [0.25, 0.3) is 16.0 Å². The predicted octanol–water partition coefficient (Wildman–Crippen LogP) is 3.12. The second-order valence-corrected chi connectivity index (χ2v) is 12.1. The van der Waals surface area contributed by atoms with Crippen molar-refractivity contribution < 1.29 is 27.2 Å². The quantitative estimate of drug-likeness (QED) is 0.217. The summed E-state index contributed by atoms with van der Waals surface area (Å²) in [5, 5.41) is 3.50. The number of nitrogens with zero attached hydrogens (tertiary/aromatic N) is 2. The number of nitrogens with two attached hydrogens (primary N) is 1. The van der Waals surface area contributed by atoms with Crippen molar-refractivity contribution in [2.45, 2.75) is 44.1 Å². The number of H-pyrrole nitrogens is 2. The molecule has 0 spiro atoms. The zero-order valence-corrected chi connectivity index (χ0v) is 23.3. The molecule has 0 saturated carbocycles. The molecule has 2 saturated heterocycles. The second-order valence-electron chi connectivity index (χ2n) is 10.7. The number of amides is 1. The van der Waals surface area contributed by atoms with Gasteiger partial charge in [0.15, 0.2) is 0 Å². The van der Waals surface area contributed by atoms with Crippen molar-refractivity contribution in [2.75, 3.05) is 32.6 Å². The number of primary amides is 1. The zero-order valence-electron chi connectivity index (χ0n) is 22.5. The molecule has 1 unspecified atom stereocenters. The van der Waals surface area contributed by atoms with Crippen LogP contribution < -0.4 is 15.8 Å². The van der Waals surface area contributed by atoms with E-state index in [1.54, 1.807) is 6.33 Å². The third-order valence-corrected chi connectivity index (χ3v) is 7.28. The van der Waals surface area contributed by atoms with Gasteiger partial charge in [0.05, 0.1) is 41.3 Å². The van der Waals surface area contributed by atoms with Crippen LogP contribution in [0.1, 0.15) is 54.7 Å². The fourth-order valence-electron chi connectivity index (χ4n) is 5.32. The summed E-state index contributed by atoms with van der Waals surface area (Å²) in [4.78, 5) is 28.4. The first-order valence-corrected chi connectivity index (χ1v) is 15.0. The number of ether oxygens (including phenoxy) is 2. The number of nitrogens with one attached hydrogen (secondary N) is 3. The van der Waals surface area contributed by atoms with Gasteiger partial charge in [0, 0.05) is 23.6 Å². The molecule has 6 N–H and O–H groups in total. The van der Waals surface area contributed by atoms with Crippen molar-refractivity contribution >= 4 is 38.1 Å². The summed E-state index contributed by atoms with van der Waals surface area (Å²) in [6.45, 7) is 5.06. The van der Waals surface area contributed by atoms with Crippen LogP contribution in [0, 0.1) is 0 Å². The number of fused-ring (bicyclic) bond motifs is 2. The lowest BCUT2D eigenvalue weighted by Gasteiger charge is -2.25. The standard InChI is InChI=1S/C26H30N6O3.CH4O3S/c1-26(7-3-8-30-26)13-35-20-11-17(22-23(29-14-28-22)21(20)24(27)33)15-5-6-18-19(10-15)32-25(31-18)16-4-2-9-34-12-16;1-5(2,3)4/h5-6,10-11,14,16,30H,2-4,7-9,12-13H2,1H3,(H2,27,33)(H,28,29)(H,31,32);1H3,(H,2,3,4)/t16?,26-;/m1./s1. The molecule has 214 valence electrons. The largest absolute Gasteiger partial charge is 0.491 e. The third-order valence-electron chi connectivity index (χ3n) is 7.28. The summed E-state index contributed by atoms with van der Waals surface area (Å²) < 4.78 is 37.8. The molecule has 4 heterocycles. The van der Waals surface area contributed by atoms with Crippen molar-refractivity contribution in [3.05, 3.63) is 42.0 Å². The second kappa shape index (κ2) is 11.2. The molecule has 0 radical (unpaired) electrons. The average Bonchev–Trinajstić information content (AvgIpc) is 3.65. The molecule has 13 heteroatoms. The Labute approximate surface area is 231 Å². The monoisotopic (exact) mass is 570 g/mol. The van der Waals surface area contributed by atoms with Gasteiger partial charge in [-0.15, -0.1) is 0 Å². The van der Waals surface area contributed by atoms with Gasteiger partial charge in [0.1, 0.15) is 23.7 Å². The van der Waals surface area contributed by atoms with Crippen molar-refractivity contribution in [2.24, 2.45) is 5.73 Å². The topological polar surface area (TPSA) is 185 Å². The summed E-state index contributed by atoms with van der Waals surface area (Å²) in [6.07, 6.45) is 6.54. The van der Waals surface area contributed by atoms with Crippen LogP contribution in [0.25, 0.3) is 33.2 Å². The van der Waals surface area contributed by atoms with E-state index in [9.17, 15) is 13.2 Å². The third kappa shape index (κ3) is 6.28. The summed E-state index contributed by atoms with van der Waals surface area (Å²) in [6, 6.07) is 8.01. The lowest BCUT2D eigenvalue weighted by Crippen LogP contribution is -2.42. The lowest BCUT2D eigenvalue weighted by atomic mass is 9.99. The molecule has 2 fully saturated rings. The fourth-order valence-corrected chi connectivity index (χ4v) is 5.32. The predicted molar refractivity (Wildman–Crippen MR) is 151 cm³/mol. The number of imidazole rings is 2. The van der Waals surface area contributed by atoms with Crippen LogP contribution in [-0.4, -0.2) is 77.0 Å². The van der Waals surface area contributed by atoms with Crippen molar-refractivity contribution in [1.29, 1.82) is 0 Å². The van der Waals surface area contributed by atoms with E-state index < -0.39 is 16.0 Å². The summed E-state index contributed by atoms with van der Waals surface area (Å²) in [5.41, 5.74) is 10.9. The Morgan fingerprint density at radius 2 is 2.10 bits per heavy atom. The average molecular weight is 571 g/mol. The van der Waals surface area contributed by atoms with Crippen LogP contribution in [-0.2, 0) is 14.9 Å². The summed E-state index contributed by atoms with van der Waals surface area (Å²) in [7, 11) is -3.67. The van der Waals surface area contributed by atoms with E-state index in [1.165, 1.54) is 0 Å². The van der Waals surface area contributed by atoms with Gasteiger partial charge in [0.2, 0.25) is 0 Å². The number of carbonyl (C=O) groups is 1. The SMILES string of the molecule is CS(=O)(=O)O.C[C@]1(COc2cc(-c3ccc4[nH]c(C5CCCOC5)nc4c3)c3nc[nH]c3c2C(N)=O)CCCN1. The summed E-state index contributed by atoms with van der Waals surface area (Å²) in [5.74, 6) is 1.17. The molecule has 0 aliphatic carbocycles. The van der Waals surface area contributed by atoms with Crippen molar-refractivity contribution in [3.63, 3.8) is 0 Å². The lowest BCUT2D eigenvalue weighted by molar-refractivity contribution is 0.0784. The fraction of sp³-hybridized carbons (Fsp3) is 0.444. The van der Waals surface area contributed by atoms with Gasteiger partial charge in [-0.05, 0) is 62.9 Å². The van der Waals surface area contributed by atoms with E-state index in [-0.39, 0.29) is 11.5 Å². The molecule has 2 atom stereocenters. The molecule has 6 rings (SSSR count). The molecule has 2 aliphatic rings. The minimum Gasteiger partial charge on any atom is -0.491 e. The van der Waals surface area contributed by atoms with E-state index in [0.29, 0.717) is 41.8 Å². The van der Waals surface area contributed by atoms with E-state index in [2.05, 4.69) is 33.3 Å². The van der Waals surface area contributed by atoms with E-state index in [4.69, 9.17) is 24.7 Å². The number of aromatic amines is 2. The highest BCUT2D eigenvalue weighted by Gasteiger charge is 2.30. The first kappa shape index (κ1) is 28.0. The van der Waals surface area contributed by atoms with Crippen LogP contribution in [0.4, 0.5) is 0 Å². The Morgan fingerprint density at radius 3 is 2.77 bits per heavy atom. The number of hydrogen-bond donors (Lipinski definition) is 5. The van der Waals surface area contributed by atoms with Gasteiger partial charge in [-0.2, -0.15) is 8.42 Å². The maximum Gasteiger partial charge on any atom is 0.261 e. The Balaban J connectivity index is 0.000000595. The number of carbonyl (C=O) groups excluding carboxylic acids is 1. The molecule has 2 aromatic heterocycles. The van der Waals surface area contributed by atoms with E-state index >= 15 is 0 Å². The number of aromatic nitrogens is 4. The van der Waals surface area contributed by atoms with Crippen LogP contribution in [0.15, 0.2) is 30.6 Å². The zero-order chi connectivity index (χ0) is 28.5. The van der Waals surface area contributed by atoms with Gasteiger partial charge >= 0.3 is 0 Å². The first-order valence-electron chi connectivity index (χ1n) is 13.2. The van der Waals surface area contributed by atoms with E-state index in [1.807, 2.05) is 18.2 Å². The highest BCUT2D eigenvalue weighted by Crippen LogP contribution is 2.37. The molecule has 4 aromatic rings. The molecule has 0 bridgehead atoms. The van der Waals surface area contributed by atoms with Crippen LogP contribution >= 0.6 is 0 Å². The minimum atomic E-state index is -3.67. The van der Waals surface area contributed by atoms with Gasteiger partial charge < -0.3 is 30.5 Å². The van der Waals surface area contributed by atoms with Crippen molar-refractivity contribution in [1.82, 2.24) is 25.3 Å². The van der Waals surface area contributed by atoms with Gasteiger partial charge in [-0.25, -0.2) is 9.97 Å². The highest BCUT2D eigenvalue weighted by atomic mass is 32.2.